The first-order chi connectivity index (χ1) is 13.9. The zero-order chi connectivity index (χ0) is 20.4. The highest BCUT2D eigenvalue weighted by Gasteiger charge is 2.41. The van der Waals surface area contributed by atoms with Crippen LogP contribution in [0.25, 0.3) is 22.3 Å². The summed E-state index contributed by atoms with van der Waals surface area (Å²) in [5.41, 5.74) is 9.62. The van der Waals surface area contributed by atoms with E-state index < -0.39 is 6.10 Å². The van der Waals surface area contributed by atoms with E-state index in [1.54, 1.807) is 11.8 Å². The maximum atomic E-state index is 13.5. The molecule has 0 bridgehead atoms. The molecule has 0 aromatic carbocycles. The Kier molecular flexibility index (Phi) is 3.92. The number of carbonyl (C=O) groups is 1. The fourth-order valence-corrected chi connectivity index (χ4v) is 4.35. The minimum Gasteiger partial charge on any atom is -0.392 e. The Bertz CT molecular complexity index is 1130. The third-order valence-corrected chi connectivity index (χ3v) is 5.66. The van der Waals surface area contributed by atoms with Crippen LogP contribution in [-0.4, -0.2) is 48.3 Å². The van der Waals surface area contributed by atoms with Crippen LogP contribution in [-0.2, 0) is 6.54 Å². The van der Waals surface area contributed by atoms with E-state index in [1.807, 2.05) is 0 Å². The highest BCUT2D eigenvalue weighted by Crippen LogP contribution is 2.48. The van der Waals surface area contributed by atoms with Crippen LogP contribution >= 0.6 is 0 Å². The van der Waals surface area contributed by atoms with Crippen molar-refractivity contribution in [2.75, 3.05) is 12.3 Å². The third kappa shape index (κ3) is 2.64. The molecule has 0 radical (unpaired) electrons. The summed E-state index contributed by atoms with van der Waals surface area (Å²) >= 11 is 0. The normalized spacial score (nSPS) is 17.6. The van der Waals surface area contributed by atoms with Crippen LogP contribution in [0.2, 0.25) is 0 Å². The van der Waals surface area contributed by atoms with Gasteiger partial charge in [0.05, 0.1) is 18.0 Å². The fourth-order valence-electron chi connectivity index (χ4n) is 4.35. The lowest BCUT2D eigenvalue weighted by atomic mass is 10.0. The lowest BCUT2D eigenvalue weighted by Crippen LogP contribution is -2.36. The topological polar surface area (TPSA) is 123 Å². The van der Waals surface area contributed by atoms with Crippen molar-refractivity contribution < 1.29 is 14.4 Å². The Balaban J connectivity index is 1.87. The Labute approximate surface area is 167 Å². The lowest BCUT2D eigenvalue weighted by Gasteiger charge is -2.24. The molecule has 0 saturated heterocycles. The van der Waals surface area contributed by atoms with Gasteiger partial charge in [-0.25, -0.2) is 9.97 Å². The lowest BCUT2D eigenvalue weighted by molar-refractivity contribution is 0.0626. The van der Waals surface area contributed by atoms with Crippen molar-refractivity contribution >= 4 is 22.8 Å². The first-order valence-electron chi connectivity index (χ1n) is 9.99. The molecule has 1 amide bonds. The van der Waals surface area contributed by atoms with Crippen molar-refractivity contribution in [1.29, 1.82) is 0 Å². The van der Waals surface area contributed by atoms with Gasteiger partial charge in [-0.05, 0) is 33.6 Å². The van der Waals surface area contributed by atoms with E-state index in [0.29, 0.717) is 40.4 Å². The first kappa shape index (κ1) is 18.1. The van der Waals surface area contributed by atoms with Crippen molar-refractivity contribution in [2.45, 2.75) is 58.2 Å². The van der Waals surface area contributed by atoms with Crippen LogP contribution in [0.5, 0.6) is 0 Å². The van der Waals surface area contributed by atoms with Crippen molar-refractivity contribution in [1.82, 2.24) is 24.6 Å². The average Bonchev–Trinajstić information content (AvgIpc) is 3.33. The maximum Gasteiger partial charge on any atom is 0.260 e. The molecular formula is C20H24N6O3. The number of hydrogen-bond acceptors (Lipinski definition) is 7. The van der Waals surface area contributed by atoms with Gasteiger partial charge in [-0.3, -0.25) is 4.79 Å². The molecule has 1 fully saturated rings. The minimum absolute atomic E-state index is 0.0791. The van der Waals surface area contributed by atoms with Gasteiger partial charge < -0.3 is 24.8 Å². The molecule has 1 unspecified atom stereocenters. The van der Waals surface area contributed by atoms with Gasteiger partial charge in [-0.1, -0.05) is 5.16 Å². The standard InChI is InChI=1S/C20H24N6O3/c1-9(2)26-12-7-25(6-10(3)27)20(28)15-16(24-29-17(15)11-4-5-11)13(12)14-18(21)22-8-23-19(14)26/h8-11,27H,4-7H2,1-3H3,(H2,21,22,23). The van der Waals surface area contributed by atoms with Crippen LogP contribution in [0, 0.1) is 0 Å². The summed E-state index contributed by atoms with van der Waals surface area (Å²) in [6.45, 7) is 6.34. The number of nitrogen functional groups attached to an aromatic ring is 1. The molecule has 1 aliphatic heterocycles. The molecule has 9 nitrogen and oxygen atoms in total. The first-order valence-corrected chi connectivity index (χ1v) is 9.99. The number of rotatable bonds is 4. The summed E-state index contributed by atoms with van der Waals surface area (Å²) < 4.78 is 7.76. The smallest absolute Gasteiger partial charge is 0.260 e. The summed E-state index contributed by atoms with van der Waals surface area (Å²) in [7, 11) is 0. The quantitative estimate of drug-likeness (QED) is 0.694. The number of aromatic nitrogens is 4. The van der Waals surface area contributed by atoms with Gasteiger partial charge in [0.25, 0.3) is 5.91 Å². The number of amides is 1. The number of aliphatic hydroxyl groups is 1. The largest absolute Gasteiger partial charge is 0.392 e. The third-order valence-electron chi connectivity index (χ3n) is 5.66. The molecule has 152 valence electrons. The second kappa shape index (κ2) is 6.28. The van der Waals surface area contributed by atoms with Crippen LogP contribution < -0.4 is 5.73 Å². The molecule has 3 aromatic rings. The molecule has 3 aromatic heterocycles. The number of hydrogen-bond donors (Lipinski definition) is 2. The molecular weight excluding hydrogens is 372 g/mol. The van der Waals surface area contributed by atoms with Gasteiger partial charge in [-0.2, -0.15) is 0 Å². The van der Waals surface area contributed by atoms with E-state index in [2.05, 4.69) is 33.5 Å². The van der Waals surface area contributed by atoms with Crippen molar-refractivity contribution in [2.24, 2.45) is 0 Å². The number of fused-ring (bicyclic) bond motifs is 5. The van der Waals surface area contributed by atoms with Gasteiger partial charge in [0.1, 0.15) is 29.0 Å². The van der Waals surface area contributed by atoms with Crippen LogP contribution in [0.4, 0.5) is 5.82 Å². The minimum atomic E-state index is -0.657. The van der Waals surface area contributed by atoms with Crippen LogP contribution in [0.15, 0.2) is 10.9 Å². The molecule has 1 saturated carbocycles. The summed E-state index contributed by atoms with van der Waals surface area (Å²) in [6, 6.07) is 0.0791. The van der Waals surface area contributed by atoms with Gasteiger partial charge in [0, 0.05) is 29.8 Å². The summed E-state index contributed by atoms with van der Waals surface area (Å²) in [5, 5.41) is 15.1. The maximum absolute atomic E-state index is 13.5. The summed E-state index contributed by atoms with van der Waals surface area (Å²) in [5.74, 6) is 1.04. The van der Waals surface area contributed by atoms with E-state index in [4.69, 9.17) is 10.3 Å². The van der Waals surface area contributed by atoms with Gasteiger partial charge >= 0.3 is 0 Å². The molecule has 1 atom stereocenters. The van der Waals surface area contributed by atoms with Crippen LogP contribution in [0.1, 0.15) is 67.4 Å². The summed E-state index contributed by atoms with van der Waals surface area (Å²) in [6.07, 6.45) is 2.76. The van der Waals surface area contributed by atoms with E-state index in [1.165, 1.54) is 6.33 Å². The van der Waals surface area contributed by atoms with Gasteiger partial charge in [-0.15, -0.1) is 0 Å². The average molecular weight is 396 g/mol. The van der Waals surface area contributed by atoms with Crippen molar-refractivity contribution in [3.8, 4) is 11.3 Å². The summed E-state index contributed by atoms with van der Waals surface area (Å²) in [4.78, 5) is 23.8. The van der Waals surface area contributed by atoms with Crippen molar-refractivity contribution in [3.05, 3.63) is 23.3 Å². The van der Waals surface area contributed by atoms with E-state index in [-0.39, 0.29) is 24.4 Å². The highest BCUT2D eigenvalue weighted by molar-refractivity contribution is 6.09. The van der Waals surface area contributed by atoms with Gasteiger partial charge in [0.2, 0.25) is 0 Å². The molecule has 4 heterocycles. The number of nitrogens with two attached hydrogens (primary N) is 1. The molecule has 0 spiro atoms. The Morgan fingerprint density at radius 1 is 1.28 bits per heavy atom. The molecule has 5 rings (SSSR count). The predicted octanol–water partition coefficient (Wildman–Crippen LogP) is 2.46. The zero-order valence-electron chi connectivity index (χ0n) is 16.7. The van der Waals surface area contributed by atoms with E-state index >= 15 is 0 Å². The SMILES string of the molecule is CC(O)CN1Cc2c(c3c(N)ncnc3n2C(C)C)-c2noc(C3CC3)c2C1=O. The zero-order valence-corrected chi connectivity index (χ0v) is 16.7. The monoisotopic (exact) mass is 396 g/mol. The second-order valence-corrected chi connectivity index (χ2v) is 8.32. The molecule has 9 heteroatoms. The number of anilines is 1. The Morgan fingerprint density at radius 3 is 2.69 bits per heavy atom. The number of nitrogens with zero attached hydrogens (tertiary/aromatic N) is 5. The Morgan fingerprint density at radius 2 is 2.03 bits per heavy atom. The highest BCUT2D eigenvalue weighted by atomic mass is 16.5. The molecule has 1 aliphatic carbocycles. The number of aliphatic hydroxyl groups excluding tert-OH is 1. The molecule has 2 aliphatic rings. The fraction of sp³-hybridized carbons (Fsp3) is 0.500. The van der Waals surface area contributed by atoms with E-state index in [9.17, 15) is 9.90 Å². The molecule has 29 heavy (non-hydrogen) atoms. The predicted molar refractivity (Wildman–Crippen MR) is 106 cm³/mol. The van der Waals surface area contributed by atoms with Gasteiger partial charge in [0.15, 0.2) is 5.76 Å². The Hall–Kier alpha value is -2.94. The number of carbonyl (C=O) groups excluding carboxylic acids is 1. The van der Waals surface area contributed by atoms with Crippen molar-refractivity contribution in [3.63, 3.8) is 0 Å². The van der Waals surface area contributed by atoms with E-state index in [0.717, 1.165) is 24.1 Å². The number of β-amino-alcohol motifs (C(OH)–C–C–N with tert-alkyl or cyclic N) is 1. The van der Waals surface area contributed by atoms with Crippen LogP contribution in [0.3, 0.4) is 0 Å². The molecule has 3 N–H and O–H groups in total. The second-order valence-electron chi connectivity index (χ2n) is 8.32.